The average molecular weight is 181 g/mol. The molecule has 13 heavy (non-hydrogen) atoms. The SMILES string of the molecule is CC(C)(C)c1ncn(C[C@@H]2CO2)n1. The fraction of sp³-hybridized carbons (Fsp3) is 0.778. The molecule has 2 heterocycles. The van der Waals surface area contributed by atoms with E-state index < -0.39 is 0 Å². The summed E-state index contributed by atoms with van der Waals surface area (Å²) in [7, 11) is 0. The Balaban J connectivity index is 2.08. The van der Waals surface area contributed by atoms with Gasteiger partial charge in [0.2, 0.25) is 0 Å². The Morgan fingerprint density at radius 2 is 2.31 bits per heavy atom. The summed E-state index contributed by atoms with van der Waals surface area (Å²) in [5.74, 6) is 0.896. The largest absolute Gasteiger partial charge is 0.371 e. The number of nitrogens with zero attached hydrogens (tertiary/aromatic N) is 3. The van der Waals surface area contributed by atoms with E-state index in [1.54, 1.807) is 6.33 Å². The van der Waals surface area contributed by atoms with Crippen molar-refractivity contribution >= 4 is 0 Å². The van der Waals surface area contributed by atoms with Gasteiger partial charge in [0.1, 0.15) is 12.4 Å². The van der Waals surface area contributed by atoms with E-state index in [2.05, 4.69) is 30.9 Å². The monoisotopic (exact) mass is 181 g/mol. The maximum absolute atomic E-state index is 5.12. The van der Waals surface area contributed by atoms with Crippen LogP contribution in [0.1, 0.15) is 26.6 Å². The third-order valence-corrected chi connectivity index (χ3v) is 2.00. The van der Waals surface area contributed by atoms with Gasteiger partial charge < -0.3 is 4.74 Å². The summed E-state index contributed by atoms with van der Waals surface area (Å²) < 4.78 is 6.98. The first-order chi connectivity index (χ1) is 6.05. The molecule has 1 aliphatic rings. The molecular formula is C9H15N3O. The van der Waals surface area contributed by atoms with Crippen LogP contribution in [0.25, 0.3) is 0 Å². The molecule has 0 unspecified atom stereocenters. The molecule has 4 heteroatoms. The molecule has 1 aliphatic heterocycles. The van der Waals surface area contributed by atoms with Gasteiger partial charge >= 0.3 is 0 Å². The predicted octanol–water partition coefficient (Wildman–Crippen LogP) is 0.974. The number of hydrogen-bond donors (Lipinski definition) is 0. The first-order valence-electron chi connectivity index (χ1n) is 4.57. The van der Waals surface area contributed by atoms with Gasteiger partial charge in [-0.05, 0) is 0 Å². The van der Waals surface area contributed by atoms with Gasteiger partial charge in [0.25, 0.3) is 0 Å². The van der Waals surface area contributed by atoms with Gasteiger partial charge in [-0.2, -0.15) is 5.10 Å². The molecule has 0 aliphatic carbocycles. The summed E-state index contributed by atoms with van der Waals surface area (Å²) in [6.07, 6.45) is 2.15. The molecule has 0 saturated carbocycles. The van der Waals surface area contributed by atoms with Crippen molar-refractivity contribution in [3.8, 4) is 0 Å². The van der Waals surface area contributed by atoms with Gasteiger partial charge in [-0.25, -0.2) is 9.67 Å². The minimum absolute atomic E-state index is 0.0374. The summed E-state index contributed by atoms with van der Waals surface area (Å²) in [6, 6.07) is 0. The minimum Gasteiger partial charge on any atom is -0.371 e. The molecule has 0 amide bonds. The second-order valence-electron chi connectivity index (χ2n) is 4.50. The second-order valence-corrected chi connectivity index (χ2v) is 4.50. The van der Waals surface area contributed by atoms with Crippen LogP contribution in [0, 0.1) is 0 Å². The number of epoxide rings is 1. The highest BCUT2D eigenvalue weighted by molar-refractivity contribution is 4.98. The number of aromatic nitrogens is 3. The molecule has 1 fully saturated rings. The van der Waals surface area contributed by atoms with Gasteiger partial charge in [0, 0.05) is 5.41 Å². The Bertz CT molecular complexity index is 296. The van der Waals surface area contributed by atoms with E-state index in [1.165, 1.54) is 0 Å². The van der Waals surface area contributed by atoms with E-state index in [9.17, 15) is 0 Å². The van der Waals surface area contributed by atoms with Crippen molar-refractivity contribution < 1.29 is 4.74 Å². The predicted molar refractivity (Wildman–Crippen MR) is 48.5 cm³/mol. The number of rotatable bonds is 2. The second kappa shape index (κ2) is 2.80. The first kappa shape index (κ1) is 8.69. The van der Waals surface area contributed by atoms with Crippen LogP contribution < -0.4 is 0 Å². The average Bonchev–Trinajstić information content (AvgIpc) is 2.63. The van der Waals surface area contributed by atoms with E-state index in [1.807, 2.05) is 4.68 Å². The highest BCUT2D eigenvalue weighted by Crippen LogP contribution is 2.18. The van der Waals surface area contributed by atoms with E-state index in [-0.39, 0.29) is 5.41 Å². The van der Waals surface area contributed by atoms with Crippen LogP contribution in [0.4, 0.5) is 0 Å². The lowest BCUT2D eigenvalue weighted by Gasteiger charge is -2.12. The Morgan fingerprint density at radius 3 is 2.77 bits per heavy atom. The molecule has 72 valence electrons. The zero-order valence-electron chi connectivity index (χ0n) is 8.32. The zero-order chi connectivity index (χ0) is 9.47. The van der Waals surface area contributed by atoms with Crippen LogP contribution in [-0.4, -0.2) is 27.5 Å². The lowest BCUT2D eigenvalue weighted by molar-refractivity contribution is 0.371. The summed E-state index contributed by atoms with van der Waals surface area (Å²) in [5, 5.41) is 4.39. The van der Waals surface area contributed by atoms with E-state index in [0.29, 0.717) is 6.10 Å². The van der Waals surface area contributed by atoms with Gasteiger partial charge in [0.05, 0.1) is 13.2 Å². The van der Waals surface area contributed by atoms with E-state index in [0.717, 1.165) is 19.0 Å². The van der Waals surface area contributed by atoms with Crippen LogP contribution in [0.2, 0.25) is 0 Å². The van der Waals surface area contributed by atoms with Crippen LogP contribution >= 0.6 is 0 Å². The van der Waals surface area contributed by atoms with Gasteiger partial charge in [-0.3, -0.25) is 0 Å². The van der Waals surface area contributed by atoms with Crippen molar-refractivity contribution in [2.45, 2.75) is 38.8 Å². The van der Waals surface area contributed by atoms with Crippen molar-refractivity contribution in [1.82, 2.24) is 14.8 Å². The summed E-state index contributed by atoms with van der Waals surface area (Å²) in [4.78, 5) is 4.26. The van der Waals surface area contributed by atoms with Crippen molar-refractivity contribution in [2.75, 3.05) is 6.61 Å². The summed E-state index contributed by atoms with van der Waals surface area (Å²) >= 11 is 0. The maximum Gasteiger partial charge on any atom is 0.155 e. The standard InChI is InChI=1S/C9H15N3O/c1-9(2,3)8-10-6-12(11-8)4-7-5-13-7/h6-7H,4-5H2,1-3H3/t7-/m1/s1. The number of hydrogen-bond acceptors (Lipinski definition) is 3. The molecule has 0 N–H and O–H groups in total. The van der Waals surface area contributed by atoms with Crippen LogP contribution in [0.5, 0.6) is 0 Å². The summed E-state index contributed by atoms with van der Waals surface area (Å²) in [5.41, 5.74) is 0.0374. The van der Waals surface area contributed by atoms with Crippen molar-refractivity contribution in [1.29, 1.82) is 0 Å². The lowest BCUT2D eigenvalue weighted by atomic mass is 9.96. The van der Waals surface area contributed by atoms with E-state index in [4.69, 9.17) is 4.74 Å². The normalized spacial score (nSPS) is 21.9. The fourth-order valence-electron chi connectivity index (χ4n) is 1.11. The van der Waals surface area contributed by atoms with Gasteiger partial charge in [0.15, 0.2) is 5.82 Å². The molecule has 0 spiro atoms. The molecule has 4 nitrogen and oxygen atoms in total. The third-order valence-electron chi connectivity index (χ3n) is 2.00. The minimum atomic E-state index is 0.0374. The van der Waals surface area contributed by atoms with Crippen molar-refractivity contribution in [2.24, 2.45) is 0 Å². The first-order valence-corrected chi connectivity index (χ1v) is 4.57. The topological polar surface area (TPSA) is 43.2 Å². The Kier molecular flexibility index (Phi) is 1.87. The third kappa shape index (κ3) is 2.06. The zero-order valence-corrected chi connectivity index (χ0v) is 8.32. The highest BCUT2D eigenvalue weighted by atomic mass is 16.6. The lowest BCUT2D eigenvalue weighted by Crippen LogP contribution is -2.14. The Labute approximate surface area is 77.9 Å². The smallest absolute Gasteiger partial charge is 0.155 e. The maximum atomic E-state index is 5.12. The molecule has 1 atom stereocenters. The van der Waals surface area contributed by atoms with Crippen molar-refractivity contribution in [3.05, 3.63) is 12.2 Å². The molecule has 1 saturated heterocycles. The molecule has 0 bridgehead atoms. The fourth-order valence-corrected chi connectivity index (χ4v) is 1.11. The molecule has 0 aromatic carbocycles. The molecule has 1 aromatic rings. The van der Waals surface area contributed by atoms with E-state index >= 15 is 0 Å². The summed E-state index contributed by atoms with van der Waals surface area (Å²) in [6.45, 7) is 8.04. The van der Waals surface area contributed by atoms with Gasteiger partial charge in [-0.15, -0.1) is 0 Å². The quantitative estimate of drug-likeness (QED) is 0.639. The molecule has 2 rings (SSSR count). The number of ether oxygens (including phenoxy) is 1. The Morgan fingerprint density at radius 1 is 1.62 bits per heavy atom. The molecular weight excluding hydrogens is 166 g/mol. The highest BCUT2D eigenvalue weighted by Gasteiger charge is 2.25. The molecule has 0 radical (unpaired) electrons. The Hall–Kier alpha value is -0.900. The molecule has 1 aromatic heterocycles. The van der Waals surface area contributed by atoms with Gasteiger partial charge in [-0.1, -0.05) is 20.8 Å². The van der Waals surface area contributed by atoms with Crippen LogP contribution in [0.3, 0.4) is 0 Å². The van der Waals surface area contributed by atoms with Crippen LogP contribution in [0.15, 0.2) is 6.33 Å². The van der Waals surface area contributed by atoms with Crippen molar-refractivity contribution in [3.63, 3.8) is 0 Å². The van der Waals surface area contributed by atoms with Crippen LogP contribution in [-0.2, 0) is 16.7 Å².